The van der Waals surface area contributed by atoms with E-state index >= 15 is 0 Å². The Hall–Kier alpha value is -0.480. The third kappa shape index (κ3) is 3.06. The molecule has 2 heterocycles. The quantitative estimate of drug-likeness (QED) is 0.843. The van der Waals surface area contributed by atoms with Gasteiger partial charge in [0.05, 0.1) is 13.2 Å². The van der Waals surface area contributed by atoms with Crippen LogP contribution < -0.4 is 5.32 Å². The average Bonchev–Trinajstić information content (AvgIpc) is 2.86. The van der Waals surface area contributed by atoms with Crippen molar-refractivity contribution in [1.82, 2.24) is 9.62 Å². The van der Waals surface area contributed by atoms with Crippen LogP contribution in [0.3, 0.4) is 0 Å². The first kappa shape index (κ1) is 15.9. The Bertz CT molecular complexity index is 587. The number of likely N-dealkylation sites (N-methyl/N-ethyl adjacent to an activating group) is 1. The summed E-state index contributed by atoms with van der Waals surface area (Å²) in [5.41, 5.74) is 0. The SMILES string of the molecule is CCNC(=O)C1COCCN1S(=O)(=O)c1sccc1Br. The van der Waals surface area contributed by atoms with Crippen LogP contribution in [0.5, 0.6) is 0 Å². The van der Waals surface area contributed by atoms with Gasteiger partial charge in [0.25, 0.3) is 10.0 Å². The Kier molecular flexibility index (Phi) is 5.19. The van der Waals surface area contributed by atoms with E-state index in [0.717, 1.165) is 11.3 Å². The van der Waals surface area contributed by atoms with Gasteiger partial charge in [-0.1, -0.05) is 0 Å². The van der Waals surface area contributed by atoms with Crippen LogP contribution in [0.4, 0.5) is 0 Å². The summed E-state index contributed by atoms with van der Waals surface area (Å²) >= 11 is 4.36. The molecule has 1 atom stereocenters. The molecule has 1 aliphatic heterocycles. The highest BCUT2D eigenvalue weighted by molar-refractivity contribution is 9.10. The van der Waals surface area contributed by atoms with Crippen molar-refractivity contribution >= 4 is 43.2 Å². The van der Waals surface area contributed by atoms with E-state index in [1.165, 1.54) is 4.31 Å². The van der Waals surface area contributed by atoms with Gasteiger partial charge in [-0.05, 0) is 34.3 Å². The topological polar surface area (TPSA) is 75.7 Å². The van der Waals surface area contributed by atoms with E-state index in [-0.39, 0.29) is 29.9 Å². The molecule has 0 spiro atoms. The van der Waals surface area contributed by atoms with E-state index in [0.29, 0.717) is 11.0 Å². The van der Waals surface area contributed by atoms with Gasteiger partial charge < -0.3 is 10.1 Å². The lowest BCUT2D eigenvalue weighted by atomic mass is 10.2. The molecule has 1 unspecified atom stereocenters. The first-order valence-corrected chi connectivity index (χ1v) is 9.20. The molecule has 1 fully saturated rings. The van der Waals surface area contributed by atoms with Crippen molar-refractivity contribution < 1.29 is 17.9 Å². The third-order valence-electron chi connectivity index (χ3n) is 2.86. The molecule has 0 bridgehead atoms. The maximum Gasteiger partial charge on any atom is 0.254 e. The van der Waals surface area contributed by atoms with Crippen LogP contribution in [0.1, 0.15) is 6.92 Å². The van der Waals surface area contributed by atoms with Crippen molar-refractivity contribution in [3.8, 4) is 0 Å². The average molecular weight is 383 g/mol. The maximum absolute atomic E-state index is 12.7. The van der Waals surface area contributed by atoms with Crippen molar-refractivity contribution in [2.45, 2.75) is 17.2 Å². The van der Waals surface area contributed by atoms with Crippen LogP contribution in [-0.4, -0.2) is 51.0 Å². The highest BCUT2D eigenvalue weighted by Gasteiger charge is 2.39. The molecule has 0 saturated carbocycles. The largest absolute Gasteiger partial charge is 0.378 e. The zero-order valence-corrected chi connectivity index (χ0v) is 14.1. The number of halogens is 1. The highest BCUT2D eigenvalue weighted by Crippen LogP contribution is 2.31. The first-order valence-electron chi connectivity index (χ1n) is 6.08. The summed E-state index contributed by atoms with van der Waals surface area (Å²) in [5, 5.41) is 4.34. The Balaban J connectivity index is 2.32. The van der Waals surface area contributed by atoms with E-state index < -0.39 is 16.1 Å². The molecule has 0 aliphatic carbocycles. The first-order chi connectivity index (χ1) is 9.48. The zero-order valence-electron chi connectivity index (χ0n) is 10.8. The normalized spacial score (nSPS) is 20.8. The minimum absolute atomic E-state index is 0.0774. The predicted molar refractivity (Wildman–Crippen MR) is 79.2 cm³/mol. The minimum Gasteiger partial charge on any atom is -0.378 e. The van der Waals surface area contributed by atoms with E-state index in [1.54, 1.807) is 18.4 Å². The van der Waals surface area contributed by atoms with Gasteiger partial charge in [-0.25, -0.2) is 8.42 Å². The number of ether oxygens (including phenoxy) is 1. The van der Waals surface area contributed by atoms with Crippen molar-refractivity contribution in [1.29, 1.82) is 0 Å². The van der Waals surface area contributed by atoms with Gasteiger partial charge in [0.1, 0.15) is 10.3 Å². The highest BCUT2D eigenvalue weighted by atomic mass is 79.9. The Labute approximate surface area is 130 Å². The number of hydrogen-bond donors (Lipinski definition) is 1. The van der Waals surface area contributed by atoms with Gasteiger partial charge in [-0.3, -0.25) is 4.79 Å². The number of nitrogens with zero attached hydrogens (tertiary/aromatic N) is 1. The number of rotatable bonds is 4. The molecule has 1 aliphatic rings. The lowest BCUT2D eigenvalue weighted by molar-refractivity contribution is -0.129. The van der Waals surface area contributed by atoms with E-state index in [9.17, 15) is 13.2 Å². The van der Waals surface area contributed by atoms with E-state index in [1.807, 2.05) is 0 Å². The number of hydrogen-bond acceptors (Lipinski definition) is 5. The summed E-state index contributed by atoms with van der Waals surface area (Å²) in [5.74, 6) is -0.330. The molecule has 2 rings (SSSR count). The lowest BCUT2D eigenvalue weighted by Crippen LogP contribution is -2.55. The summed E-state index contributed by atoms with van der Waals surface area (Å²) in [6.07, 6.45) is 0. The predicted octanol–water partition coefficient (Wildman–Crippen LogP) is 1.04. The molecule has 1 amide bonds. The van der Waals surface area contributed by atoms with Gasteiger partial charge >= 0.3 is 0 Å². The third-order valence-corrected chi connectivity index (χ3v) is 7.42. The molecule has 1 saturated heterocycles. The number of morpholine rings is 1. The van der Waals surface area contributed by atoms with Crippen LogP contribution >= 0.6 is 27.3 Å². The van der Waals surface area contributed by atoms with E-state index in [2.05, 4.69) is 21.2 Å². The van der Waals surface area contributed by atoms with Crippen molar-refractivity contribution in [2.75, 3.05) is 26.3 Å². The van der Waals surface area contributed by atoms with Gasteiger partial charge in [0.2, 0.25) is 5.91 Å². The molecule has 1 aromatic rings. The van der Waals surface area contributed by atoms with Gasteiger partial charge in [0, 0.05) is 17.6 Å². The standard InChI is InChI=1S/C11H15BrN2O4S2/c1-2-13-10(15)9-7-18-5-4-14(9)20(16,17)11-8(12)3-6-19-11/h3,6,9H,2,4-5,7H2,1H3,(H,13,15). The van der Waals surface area contributed by atoms with Crippen LogP contribution in [0, 0.1) is 0 Å². The number of carbonyl (C=O) groups is 1. The number of thiophene rings is 1. The van der Waals surface area contributed by atoms with Crippen LogP contribution in [-0.2, 0) is 19.6 Å². The summed E-state index contributed by atoms with van der Waals surface area (Å²) < 4.78 is 32.5. The fourth-order valence-corrected chi connectivity index (χ4v) is 5.93. The van der Waals surface area contributed by atoms with Crippen LogP contribution in [0.25, 0.3) is 0 Å². The molecular formula is C11H15BrN2O4S2. The van der Waals surface area contributed by atoms with Gasteiger partial charge in [-0.15, -0.1) is 11.3 Å². The molecule has 6 nitrogen and oxygen atoms in total. The Morgan fingerprint density at radius 2 is 2.40 bits per heavy atom. The monoisotopic (exact) mass is 382 g/mol. The molecule has 0 radical (unpaired) electrons. The molecule has 112 valence electrons. The summed E-state index contributed by atoms with van der Waals surface area (Å²) in [6, 6.07) is 0.863. The van der Waals surface area contributed by atoms with Crippen molar-refractivity contribution in [3.63, 3.8) is 0 Å². The summed E-state index contributed by atoms with van der Waals surface area (Å²) in [7, 11) is -3.70. The maximum atomic E-state index is 12.7. The summed E-state index contributed by atoms with van der Waals surface area (Å²) in [6.45, 7) is 2.78. The molecule has 1 aromatic heterocycles. The molecule has 20 heavy (non-hydrogen) atoms. The number of sulfonamides is 1. The van der Waals surface area contributed by atoms with Crippen LogP contribution in [0.15, 0.2) is 20.1 Å². The van der Waals surface area contributed by atoms with Crippen LogP contribution in [0.2, 0.25) is 0 Å². The fraction of sp³-hybridized carbons (Fsp3) is 0.545. The zero-order chi connectivity index (χ0) is 14.8. The molecule has 9 heteroatoms. The molecule has 0 aromatic carbocycles. The fourth-order valence-electron chi connectivity index (χ4n) is 1.95. The number of carbonyl (C=O) groups excluding carboxylic acids is 1. The summed E-state index contributed by atoms with van der Waals surface area (Å²) in [4.78, 5) is 12.0. The lowest BCUT2D eigenvalue weighted by Gasteiger charge is -2.33. The smallest absolute Gasteiger partial charge is 0.254 e. The van der Waals surface area contributed by atoms with Gasteiger partial charge in [0.15, 0.2) is 0 Å². The number of amides is 1. The second kappa shape index (κ2) is 6.52. The van der Waals surface area contributed by atoms with Crippen molar-refractivity contribution in [3.05, 3.63) is 15.9 Å². The molecule has 1 N–H and O–H groups in total. The second-order valence-electron chi connectivity index (χ2n) is 4.16. The second-order valence-corrected chi connectivity index (χ2v) is 8.01. The molecular weight excluding hydrogens is 368 g/mol. The number of nitrogens with one attached hydrogen (secondary N) is 1. The minimum atomic E-state index is -3.70. The Morgan fingerprint density at radius 1 is 1.65 bits per heavy atom. The van der Waals surface area contributed by atoms with Crippen molar-refractivity contribution in [2.24, 2.45) is 0 Å². The Morgan fingerprint density at radius 3 is 3.00 bits per heavy atom. The van der Waals surface area contributed by atoms with E-state index in [4.69, 9.17) is 4.74 Å². The van der Waals surface area contributed by atoms with Gasteiger partial charge in [-0.2, -0.15) is 4.31 Å².